The second-order valence-corrected chi connectivity index (χ2v) is 8.83. The summed E-state index contributed by atoms with van der Waals surface area (Å²) in [5, 5.41) is 2.92. The predicted molar refractivity (Wildman–Crippen MR) is 120 cm³/mol. The third-order valence-corrected chi connectivity index (χ3v) is 4.76. The Bertz CT molecular complexity index is 858. The zero-order valence-electron chi connectivity index (χ0n) is 19.1. The summed E-state index contributed by atoms with van der Waals surface area (Å²) in [6.45, 7) is 10.0. The van der Waals surface area contributed by atoms with Crippen LogP contribution in [0.2, 0.25) is 0 Å². The van der Waals surface area contributed by atoms with Crippen molar-refractivity contribution < 1.29 is 18.7 Å². The Morgan fingerprint density at radius 2 is 1.68 bits per heavy atom. The fourth-order valence-electron chi connectivity index (χ4n) is 3.03. The molecule has 0 fully saturated rings. The van der Waals surface area contributed by atoms with Crippen LogP contribution in [0.15, 0.2) is 48.5 Å². The number of hydrogen-bond acceptors (Lipinski definition) is 3. The zero-order valence-corrected chi connectivity index (χ0v) is 19.1. The number of carbonyl (C=O) groups excluding carboxylic acids is 2. The Morgan fingerprint density at radius 1 is 1.06 bits per heavy atom. The van der Waals surface area contributed by atoms with Gasteiger partial charge in [0.25, 0.3) is 0 Å². The van der Waals surface area contributed by atoms with E-state index >= 15 is 0 Å². The summed E-state index contributed by atoms with van der Waals surface area (Å²) in [6, 6.07) is 13.1. The average molecular weight is 429 g/mol. The molecule has 0 aromatic heterocycles. The number of hydrogen-bond donors (Lipinski definition) is 1. The molecule has 2 amide bonds. The van der Waals surface area contributed by atoms with E-state index in [1.165, 1.54) is 12.1 Å². The van der Waals surface area contributed by atoms with E-state index < -0.39 is 11.6 Å². The minimum Gasteiger partial charge on any atom is -0.494 e. The van der Waals surface area contributed by atoms with Crippen molar-refractivity contribution in [2.75, 3.05) is 6.61 Å². The number of rotatable bonds is 9. The minimum absolute atomic E-state index is 0.145. The van der Waals surface area contributed by atoms with Gasteiger partial charge in [0.15, 0.2) is 0 Å². The van der Waals surface area contributed by atoms with E-state index in [4.69, 9.17) is 4.74 Å². The second kappa shape index (κ2) is 10.9. The summed E-state index contributed by atoms with van der Waals surface area (Å²) >= 11 is 0. The summed E-state index contributed by atoms with van der Waals surface area (Å²) in [5.41, 5.74) is 1.51. The van der Waals surface area contributed by atoms with Crippen molar-refractivity contribution in [1.29, 1.82) is 0 Å². The molecule has 0 unspecified atom stereocenters. The lowest BCUT2D eigenvalue weighted by Crippen LogP contribution is -2.52. The highest BCUT2D eigenvalue weighted by Crippen LogP contribution is 2.15. The molecule has 0 spiro atoms. The summed E-state index contributed by atoms with van der Waals surface area (Å²) < 4.78 is 19.0. The van der Waals surface area contributed by atoms with Crippen LogP contribution in [-0.4, -0.2) is 34.9 Å². The van der Waals surface area contributed by atoms with Gasteiger partial charge < -0.3 is 15.0 Å². The smallest absolute Gasteiger partial charge is 0.242 e. The molecule has 0 saturated carbocycles. The zero-order chi connectivity index (χ0) is 23.0. The van der Waals surface area contributed by atoms with E-state index in [0.29, 0.717) is 13.0 Å². The van der Waals surface area contributed by atoms with Crippen LogP contribution >= 0.6 is 0 Å². The molecule has 0 aliphatic rings. The normalized spacial score (nSPS) is 12.2. The molecule has 5 nitrogen and oxygen atoms in total. The Morgan fingerprint density at radius 3 is 2.26 bits per heavy atom. The van der Waals surface area contributed by atoms with Gasteiger partial charge in [-0.15, -0.1) is 0 Å². The number of aryl methyl sites for hydroxylation is 1. The molecule has 0 radical (unpaired) electrons. The number of nitrogens with one attached hydrogen (secondary N) is 1. The van der Waals surface area contributed by atoms with Crippen molar-refractivity contribution in [3.63, 3.8) is 0 Å². The van der Waals surface area contributed by atoms with Crippen LogP contribution in [-0.2, 0) is 16.1 Å². The topological polar surface area (TPSA) is 58.6 Å². The van der Waals surface area contributed by atoms with Crippen LogP contribution in [0.3, 0.4) is 0 Å². The van der Waals surface area contributed by atoms with Crippen molar-refractivity contribution in [3.05, 3.63) is 65.5 Å². The van der Waals surface area contributed by atoms with Crippen LogP contribution in [0.5, 0.6) is 5.75 Å². The number of carbonyl (C=O) groups is 2. The third-order valence-electron chi connectivity index (χ3n) is 4.76. The van der Waals surface area contributed by atoms with Crippen molar-refractivity contribution in [2.24, 2.45) is 0 Å². The second-order valence-electron chi connectivity index (χ2n) is 8.83. The first-order valence-corrected chi connectivity index (χ1v) is 10.6. The van der Waals surface area contributed by atoms with Gasteiger partial charge in [-0.05, 0) is 70.9 Å². The number of halogens is 1. The molecular weight excluding hydrogens is 395 g/mol. The molecule has 2 aromatic carbocycles. The van der Waals surface area contributed by atoms with Crippen LogP contribution in [0.25, 0.3) is 0 Å². The van der Waals surface area contributed by atoms with E-state index in [-0.39, 0.29) is 30.6 Å². The predicted octanol–water partition coefficient (Wildman–Crippen LogP) is 4.63. The maximum atomic E-state index is 13.3. The van der Waals surface area contributed by atoms with Gasteiger partial charge in [-0.25, -0.2) is 4.39 Å². The van der Waals surface area contributed by atoms with Crippen molar-refractivity contribution in [1.82, 2.24) is 10.2 Å². The van der Waals surface area contributed by atoms with Gasteiger partial charge in [-0.3, -0.25) is 9.59 Å². The lowest BCUT2D eigenvalue weighted by Gasteiger charge is -2.31. The maximum absolute atomic E-state index is 13.3. The quantitative estimate of drug-likeness (QED) is 0.593. The molecule has 2 aromatic rings. The molecule has 0 bridgehead atoms. The first kappa shape index (κ1) is 24.4. The standard InChI is InChI=1S/C25H33FN2O3/c1-18-8-14-22(15-9-18)31-16-6-7-23(29)28(17-20-10-12-21(26)13-11-20)19(2)24(30)27-25(3,4)5/h8-15,19H,6-7,16-17H2,1-5H3,(H,27,30)/t19-/m0/s1. The average Bonchev–Trinajstić information content (AvgIpc) is 2.70. The highest BCUT2D eigenvalue weighted by Gasteiger charge is 2.28. The molecule has 0 heterocycles. The van der Waals surface area contributed by atoms with Crippen LogP contribution in [0, 0.1) is 12.7 Å². The third kappa shape index (κ3) is 8.40. The summed E-state index contributed by atoms with van der Waals surface area (Å²) in [5.74, 6) is 0.0554. The van der Waals surface area contributed by atoms with Crippen LogP contribution in [0.1, 0.15) is 51.7 Å². The largest absolute Gasteiger partial charge is 0.494 e. The number of ether oxygens (including phenoxy) is 1. The van der Waals surface area contributed by atoms with E-state index in [2.05, 4.69) is 5.32 Å². The van der Waals surface area contributed by atoms with Gasteiger partial charge in [0.1, 0.15) is 17.6 Å². The summed E-state index contributed by atoms with van der Waals surface area (Å²) in [7, 11) is 0. The lowest BCUT2D eigenvalue weighted by molar-refractivity contribution is -0.141. The number of amides is 2. The van der Waals surface area contributed by atoms with Crippen molar-refractivity contribution in [2.45, 2.75) is 65.6 Å². The van der Waals surface area contributed by atoms with Gasteiger partial charge in [0, 0.05) is 18.5 Å². The molecule has 2 rings (SSSR count). The maximum Gasteiger partial charge on any atom is 0.242 e. The lowest BCUT2D eigenvalue weighted by atomic mass is 10.1. The SMILES string of the molecule is Cc1ccc(OCCCC(=O)N(Cc2ccc(F)cc2)[C@@H](C)C(=O)NC(C)(C)C)cc1. The van der Waals surface area contributed by atoms with Gasteiger partial charge in [-0.2, -0.15) is 0 Å². The molecule has 0 aliphatic carbocycles. The van der Waals surface area contributed by atoms with Gasteiger partial charge in [0.2, 0.25) is 11.8 Å². The molecule has 0 aliphatic heterocycles. The highest BCUT2D eigenvalue weighted by molar-refractivity contribution is 5.87. The molecule has 0 saturated heterocycles. The molecule has 6 heteroatoms. The van der Waals surface area contributed by atoms with Crippen LogP contribution < -0.4 is 10.1 Å². The van der Waals surface area contributed by atoms with Crippen molar-refractivity contribution in [3.8, 4) is 5.75 Å². The summed E-state index contributed by atoms with van der Waals surface area (Å²) in [6.07, 6.45) is 0.778. The minimum atomic E-state index is -0.658. The fraction of sp³-hybridized carbons (Fsp3) is 0.440. The first-order chi connectivity index (χ1) is 14.5. The highest BCUT2D eigenvalue weighted by atomic mass is 19.1. The first-order valence-electron chi connectivity index (χ1n) is 10.6. The molecule has 1 atom stereocenters. The van der Waals surface area contributed by atoms with E-state index in [1.54, 1.807) is 24.0 Å². The van der Waals surface area contributed by atoms with E-state index in [0.717, 1.165) is 16.9 Å². The fourth-order valence-corrected chi connectivity index (χ4v) is 3.03. The molecule has 31 heavy (non-hydrogen) atoms. The van der Waals surface area contributed by atoms with Crippen molar-refractivity contribution >= 4 is 11.8 Å². The van der Waals surface area contributed by atoms with Gasteiger partial charge >= 0.3 is 0 Å². The molecular formula is C25H33FN2O3. The Kier molecular flexibility index (Phi) is 8.60. The Labute approximate surface area is 184 Å². The monoisotopic (exact) mass is 428 g/mol. The Balaban J connectivity index is 2.01. The summed E-state index contributed by atoms with van der Waals surface area (Å²) in [4.78, 5) is 27.2. The van der Waals surface area contributed by atoms with Gasteiger partial charge in [-0.1, -0.05) is 29.8 Å². The van der Waals surface area contributed by atoms with Crippen LogP contribution in [0.4, 0.5) is 4.39 Å². The molecule has 1 N–H and O–H groups in total. The number of benzene rings is 2. The molecule has 168 valence electrons. The Hall–Kier alpha value is -2.89. The van der Waals surface area contributed by atoms with E-state index in [1.807, 2.05) is 52.0 Å². The van der Waals surface area contributed by atoms with E-state index in [9.17, 15) is 14.0 Å². The van der Waals surface area contributed by atoms with Gasteiger partial charge in [0.05, 0.1) is 6.61 Å². The number of nitrogens with zero attached hydrogens (tertiary/aromatic N) is 1.